The van der Waals surface area contributed by atoms with Crippen molar-refractivity contribution in [2.45, 2.75) is 103 Å². The number of amides is 1. The zero-order valence-electron chi connectivity index (χ0n) is 24.7. The van der Waals surface area contributed by atoms with Gasteiger partial charge in [0, 0.05) is 45.0 Å². The maximum atomic E-state index is 12.9. The van der Waals surface area contributed by atoms with E-state index in [2.05, 4.69) is 16.0 Å². The Labute approximate surface area is 241 Å². The molecule has 12 heteroatoms. The van der Waals surface area contributed by atoms with E-state index in [1.165, 1.54) is 11.8 Å². The lowest BCUT2D eigenvalue weighted by atomic mass is 9.88. The van der Waals surface area contributed by atoms with Gasteiger partial charge in [-0.25, -0.2) is 4.79 Å². The predicted octanol–water partition coefficient (Wildman–Crippen LogP) is 2.99. The number of carbonyl (C=O) groups is 4. The highest BCUT2D eigenvalue weighted by atomic mass is 32.2. The molecule has 0 aliphatic heterocycles. The van der Waals surface area contributed by atoms with Crippen LogP contribution in [0.3, 0.4) is 0 Å². The molecule has 4 atom stereocenters. The molecule has 5 N–H and O–H groups in total. The molecule has 0 aromatic carbocycles. The van der Waals surface area contributed by atoms with Gasteiger partial charge in [0.25, 0.3) is 0 Å². The first-order valence-corrected chi connectivity index (χ1v) is 15.5. The van der Waals surface area contributed by atoms with E-state index in [9.17, 15) is 29.4 Å². The van der Waals surface area contributed by atoms with Crippen LogP contribution in [0.4, 0.5) is 0 Å². The number of carbonyl (C=O) groups excluding carboxylic acids is 2. The van der Waals surface area contributed by atoms with E-state index < -0.39 is 34.9 Å². The minimum Gasteiger partial charge on any atom is -0.480 e. The zero-order valence-corrected chi connectivity index (χ0v) is 26.4. The Kier molecular flexibility index (Phi) is 14.3. The number of carboxylic acids is 2. The number of Topliss-reactive ketones (excluding diaryl/α,β-unsaturated/α-hetero) is 1. The Morgan fingerprint density at radius 3 is 1.82 bits per heavy atom. The van der Waals surface area contributed by atoms with Crippen molar-refractivity contribution in [3.05, 3.63) is 0 Å². The van der Waals surface area contributed by atoms with Crippen LogP contribution in [0, 0.1) is 10.8 Å². The van der Waals surface area contributed by atoms with Gasteiger partial charge in [0.1, 0.15) is 12.1 Å². The van der Waals surface area contributed by atoms with E-state index in [0.717, 1.165) is 12.8 Å². The fourth-order valence-electron chi connectivity index (χ4n) is 3.50. The minimum atomic E-state index is -1.08. The van der Waals surface area contributed by atoms with Gasteiger partial charge < -0.3 is 20.3 Å². The maximum absolute atomic E-state index is 12.9. The number of hydrogen-bond donors (Lipinski definition) is 5. The van der Waals surface area contributed by atoms with Gasteiger partial charge in [-0.1, -0.05) is 34.6 Å². The molecular weight excluding hydrogens is 542 g/mol. The third kappa shape index (κ3) is 13.7. The number of aliphatic carboxylic acids is 2. The first-order valence-electron chi connectivity index (χ1n) is 13.4. The summed E-state index contributed by atoms with van der Waals surface area (Å²) in [7, 11) is 0. The zero-order chi connectivity index (χ0) is 30.0. The fourth-order valence-corrected chi connectivity index (χ4v) is 6.61. The van der Waals surface area contributed by atoms with Crippen molar-refractivity contribution in [2.24, 2.45) is 10.8 Å². The van der Waals surface area contributed by atoms with Crippen LogP contribution in [0.25, 0.3) is 0 Å². The van der Waals surface area contributed by atoms with Crippen LogP contribution in [0.1, 0.15) is 74.7 Å². The molecule has 0 aromatic heterocycles. The second-order valence-corrected chi connectivity index (χ2v) is 15.3. The van der Waals surface area contributed by atoms with E-state index in [-0.39, 0.29) is 53.4 Å². The molecular formula is C27H49N3O7S2. The summed E-state index contributed by atoms with van der Waals surface area (Å²) in [6, 6.07) is -1.67. The van der Waals surface area contributed by atoms with Crippen LogP contribution < -0.4 is 16.0 Å². The predicted molar refractivity (Wildman–Crippen MR) is 157 cm³/mol. The van der Waals surface area contributed by atoms with Crippen molar-refractivity contribution in [1.82, 2.24) is 16.0 Å². The molecule has 1 saturated carbocycles. The van der Waals surface area contributed by atoms with Gasteiger partial charge >= 0.3 is 11.9 Å². The number of hydrogen-bond acceptors (Lipinski definition) is 9. The number of ketones is 1. The van der Waals surface area contributed by atoms with E-state index >= 15 is 0 Å². The van der Waals surface area contributed by atoms with Crippen LogP contribution in [-0.2, 0) is 23.9 Å². The van der Waals surface area contributed by atoms with Gasteiger partial charge in [-0.05, 0) is 40.0 Å². The van der Waals surface area contributed by atoms with Gasteiger partial charge in [0.15, 0.2) is 5.78 Å². The molecule has 4 unspecified atom stereocenters. The normalized spacial score (nSPS) is 19.6. The molecule has 1 rings (SSSR count). The average molecular weight is 592 g/mol. The third-order valence-corrected chi connectivity index (χ3v) is 9.63. The van der Waals surface area contributed by atoms with E-state index in [4.69, 9.17) is 4.74 Å². The molecule has 1 aliphatic rings. The fraction of sp³-hybridized carbons (Fsp3) is 0.852. The minimum absolute atomic E-state index is 0.0807. The van der Waals surface area contributed by atoms with Crippen molar-refractivity contribution in [3.63, 3.8) is 0 Å². The van der Waals surface area contributed by atoms with Gasteiger partial charge in [-0.3, -0.25) is 25.0 Å². The summed E-state index contributed by atoms with van der Waals surface area (Å²) in [5, 5.41) is 28.5. The summed E-state index contributed by atoms with van der Waals surface area (Å²) in [6.45, 7) is 15.5. The number of thioether (sulfide) groups is 2. The smallest absolute Gasteiger partial charge is 0.327 e. The second kappa shape index (κ2) is 15.6. The lowest BCUT2D eigenvalue weighted by molar-refractivity contribution is -0.143. The average Bonchev–Trinajstić information content (AvgIpc) is 2.77. The number of rotatable bonds is 18. The first-order chi connectivity index (χ1) is 17.8. The molecule has 0 heterocycles. The molecule has 0 aromatic rings. The number of carboxylic acid groups (broad SMARTS) is 2. The SMILES string of the molecule is CC(C)(C)NC(CSC1CCC1SCC(NC(=O)C(C)(C)CCOCNCC(=O)C(C)(C)C)C(=O)O)C(=O)O. The van der Waals surface area contributed by atoms with Crippen LogP contribution in [0.2, 0.25) is 0 Å². The first kappa shape index (κ1) is 35.7. The third-order valence-electron chi connectivity index (χ3n) is 6.43. The lowest BCUT2D eigenvalue weighted by Gasteiger charge is -2.37. The highest BCUT2D eigenvalue weighted by Crippen LogP contribution is 2.40. The molecule has 0 saturated heterocycles. The monoisotopic (exact) mass is 591 g/mol. The summed E-state index contributed by atoms with van der Waals surface area (Å²) in [5.41, 5.74) is -1.56. The van der Waals surface area contributed by atoms with E-state index in [0.29, 0.717) is 12.2 Å². The van der Waals surface area contributed by atoms with Gasteiger partial charge in [-0.15, -0.1) is 0 Å². The molecule has 0 spiro atoms. The highest BCUT2D eigenvalue weighted by Gasteiger charge is 2.36. The van der Waals surface area contributed by atoms with Gasteiger partial charge in [-0.2, -0.15) is 23.5 Å². The van der Waals surface area contributed by atoms with E-state index in [1.807, 2.05) is 41.5 Å². The summed E-state index contributed by atoms with van der Waals surface area (Å²) in [6.07, 6.45) is 2.29. The number of nitrogens with one attached hydrogen (secondary N) is 3. The van der Waals surface area contributed by atoms with Gasteiger partial charge in [0.2, 0.25) is 5.91 Å². The Hall–Kier alpha value is -1.34. The summed E-state index contributed by atoms with van der Waals surface area (Å²) < 4.78 is 5.52. The lowest BCUT2D eigenvalue weighted by Crippen LogP contribution is -2.50. The summed E-state index contributed by atoms with van der Waals surface area (Å²) in [4.78, 5) is 48.3. The van der Waals surface area contributed by atoms with E-state index in [1.54, 1.807) is 25.6 Å². The number of ether oxygens (including phenoxy) is 1. The van der Waals surface area contributed by atoms with Crippen molar-refractivity contribution >= 4 is 47.2 Å². The van der Waals surface area contributed by atoms with Gasteiger partial charge in [0.05, 0.1) is 13.3 Å². The Bertz CT molecular complexity index is 840. The molecule has 1 fully saturated rings. The Morgan fingerprint density at radius 2 is 1.38 bits per heavy atom. The van der Waals surface area contributed by atoms with Crippen molar-refractivity contribution < 1.29 is 34.1 Å². The molecule has 0 radical (unpaired) electrons. The second-order valence-electron chi connectivity index (χ2n) is 12.8. The summed E-state index contributed by atoms with van der Waals surface area (Å²) in [5.74, 6) is -1.56. The summed E-state index contributed by atoms with van der Waals surface area (Å²) >= 11 is 3.13. The van der Waals surface area contributed by atoms with Crippen LogP contribution >= 0.6 is 23.5 Å². The molecule has 226 valence electrons. The van der Waals surface area contributed by atoms with Crippen LogP contribution in [-0.4, -0.2) is 93.4 Å². The Morgan fingerprint density at radius 1 is 0.872 bits per heavy atom. The standard InChI is InChI=1S/C27H49N3O7S2/c1-25(2,3)21(31)13-28-16-37-12-11-27(7,8)24(36)29-17(22(32)33)14-38-19-9-10-20(19)39-15-18(23(34)35)30-26(4,5)6/h17-20,28,30H,9-16H2,1-8H3,(H,29,36)(H,32,33)(H,34,35). The van der Waals surface area contributed by atoms with Crippen molar-refractivity contribution in [3.8, 4) is 0 Å². The molecule has 10 nitrogen and oxygen atoms in total. The molecule has 39 heavy (non-hydrogen) atoms. The maximum Gasteiger partial charge on any atom is 0.327 e. The van der Waals surface area contributed by atoms with Crippen LogP contribution in [0.15, 0.2) is 0 Å². The quantitative estimate of drug-likeness (QED) is 0.118. The topological polar surface area (TPSA) is 154 Å². The van der Waals surface area contributed by atoms with Crippen molar-refractivity contribution in [2.75, 3.05) is 31.4 Å². The Balaban J connectivity index is 2.46. The molecule has 0 bridgehead atoms. The van der Waals surface area contributed by atoms with Crippen molar-refractivity contribution in [1.29, 1.82) is 0 Å². The largest absolute Gasteiger partial charge is 0.480 e. The molecule has 1 aliphatic carbocycles. The highest BCUT2D eigenvalue weighted by molar-refractivity contribution is 8.04. The van der Waals surface area contributed by atoms with Crippen LogP contribution in [0.5, 0.6) is 0 Å². The molecule has 1 amide bonds.